The molecule has 0 aromatic heterocycles. The summed E-state index contributed by atoms with van der Waals surface area (Å²) in [7, 11) is 0. The van der Waals surface area contributed by atoms with E-state index in [2.05, 4.69) is 18.7 Å². The highest BCUT2D eigenvalue weighted by Gasteiger charge is 2.24. The molecule has 0 fully saturated rings. The topological polar surface area (TPSA) is 43.7 Å². The minimum absolute atomic E-state index is 0.0962. The van der Waals surface area contributed by atoms with Crippen molar-refractivity contribution in [2.24, 2.45) is 5.92 Å². The molecular formula is C17H28FNO2. The minimum Gasteiger partial charge on any atom is -0.395 e. The Hall–Kier alpha value is -0.970. The van der Waals surface area contributed by atoms with E-state index >= 15 is 0 Å². The van der Waals surface area contributed by atoms with Gasteiger partial charge in [0.15, 0.2) is 0 Å². The van der Waals surface area contributed by atoms with E-state index in [1.54, 1.807) is 18.2 Å². The van der Waals surface area contributed by atoms with Crippen molar-refractivity contribution in [1.82, 2.24) is 4.90 Å². The van der Waals surface area contributed by atoms with E-state index in [-0.39, 0.29) is 18.3 Å². The molecule has 0 heterocycles. The molecule has 1 aromatic carbocycles. The van der Waals surface area contributed by atoms with E-state index in [1.807, 2.05) is 6.92 Å². The van der Waals surface area contributed by atoms with Crippen molar-refractivity contribution < 1.29 is 14.6 Å². The lowest BCUT2D eigenvalue weighted by Crippen LogP contribution is -2.40. The van der Waals surface area contributed by atoms with Crippen molar-refractivity contribution >= 4 is 0 Å². The van der Waals surface area contributed by atoms with Gasteiger partial charge in [-0.25, -0.2) is 4.39 Å². The van der Waals surface area contributed by atoms with Crippen molar-refractivity contribution in [2.45, 2.75) is 45.8 Å². The van der Waals surface area contributed by atoms with Crippen LogP contribution in [0.2, 0.25) is 0 Å². The maximum Gasteiger partial charge on any atom is 0.129 e. The Morgan fingerprint density at radius 2 is 1.81 bits per heavy atom. The molecule has 0 amide bonds. The largest absolute Gasteiger partial charge is 0.395 e. The van der Waals surface area contributed by atoms with Crippen molar-refractivity contribution in [2.75, 3.05) is 19.7 Å². The van der Waals surface area contributed by atoms with Crippen LogP contribution in [0.4, 0.5) is 4.39 Å². The molecule has 0 radical (unpaired) electrons. The molecule has 0 saturated heterocycles. The van der Waals surface area contributed by atoms with E-state index < -0.39 is 6.10 Å². The number of hydrogen-bond donors (Lipinski definition) is 2. The van der Waals surface area contributed by atoms with Crippen molar-refractivity contribution in [3.63, 3.8) is 0 Å². The number of hydrogen-bond acceptors (Lipinski definition) is 3. The van der Waals surface area contributed by atoms with Gasteiger partial charge in [-0.05, 0) is 24.8 Å². The molecule has 21 heavy (non-hydrogen) atoms. The average Bonchev–Trinajstić information content (AvgIpc) is 2.48. The fourth-order valence-electron chi connectivity index (χ4n) is 2.85. The zero-order valence-electron chi connectivity index (χ0n) is 13.3. The summed E-state index contributed by atoms with van der Waals surface area (Å²) in [6.07, 6.45) is 1.17. The first-order valence-electron chi connectivity index (χ1n) is 7.82. The number of rotatable bonds is 9. The molecule has 2 atom stereocenters. The third-order valence-corrected chi connectivity index (χ3v) is 4.13. The van der Waals surface area contributed by atoms with Crippen LogP contribution in [0, 0.1) is 11.7 Å². The molecule has 0 aliphatic rings. The van der Waals surface area contributed by atoms with Gasteiger partial charge in [0.05, 0.1) is 12.7 Å². The average molecular weight is 297 g/mol. The predicted molar refractivity (Wildman–Crippen MR) is 83.6 cm³/mol. The van der Waals surface area contributed by atoms with E-state index in [0.717, 1.165) is 12.8 Å². The SMILES string of the molecule is CCC(CC)N(CCO)CC(C)C(O)c1ccccc1F. The molecule has 4 heteroatoms. The van der Waals surface area contributed by atoms with Crippen LogP contribution in [0.25, 0.3) is 0 Å². The second-order valence-corrected chi connectivity index (χ2v) is 5.63. The van der Waals surface area contributed by atoms with Crippen LogP contribution in [-0.2, 0) is 0 Å². The van der Waals surface area contributed by atoms with Gasteiger partial charge in [-0.2, -0.15) is 0 Å². The maximum atomic E-state index is 13.8. The standard InChI is InChI=1S/C17H28FNO2/c1-4-14(5-2)19(10-11-20)12-13(3)17(21)15-8-6-7-9-16(15)18/h6-9,13-14,17,20-21H,4-5,10-12H2,1-3H3. The smallest absolute Gasteiger partial charge is 0.129 e. The molecule has 2 unspecified atom stereocenters. The predicted octanol–water partition coefficient (Wildman–Crippen LogP) is 2.98. The zero-order chi connectivity index (χ0) is 15.8. The molecule has 120 valence electrons. The Morgan fingerprint density at radius 3 is 2.33 bits per heavy atom. The van der Waals surface area contributed by atoms with Crippen LogP contribution in [0.5, 0.6) is 0 Å². The summed E-state index contributed by atoms with van der Waals surface area (Å²) in [6, 6.07) is 6.74. The zero-order valence-corrected chi connectivity index (χ0v) is 13.3. The lowest BCUT2D eigenvalue weighted by Gasteiger charge is -2.33. The Labute approximate surface area is 127 Å². The number of halogens is 1. The van der Waals surface area contributed by atoms with E-state index in [0.29, 0.717) is 24.7 Å². The Balaban J connectivity index is 2.76. The molecule has 0 saturated carbocycles. The van der Waals surface area contributed by atoms with Gasteiger partial charge in [-0.1, -0.05) is 39.0 Å². The van der Waals surface area contributed by atoms with Gasteiger partial charge in [0.25, 0.3) is 0 Å². The number of aliphatic hydroxyl groups excluding tert-OH is 2. The molecular weight excluding hydrogens is 269 g/mol. The first kappa shape index (κ1) is 18.1. The van der Waals surface area contributed by atoms with Gasteiger partial charge < -0.3 is 10.2 Å². The number of aliphatic hydroxyl groups is 2. The van der Waals surface area contributed by atoms with Gasteiger partial charge in [0, 0.05) is 24.7 Å². The number of benzene rings is 1. The summed E-state index contributed by atoms with van der Waals surface area (Å²) in [6.45, 7) is 7.49. The maximum absolute atomic E-state index is 13.8. The van der Waals surface area contributed by atoms with E-state index in [4.69, 9.17) is 0 Å². The first-order chi connectivity index (χ1) is 10.0. The Morgan fingerprint density at radius 1 is 1.19 bits per heavy atom. The van der Waals surface area contributed by atoms with Crippen LogP contribution in [-0.4, -0.2) is 40.9 Å². The minimum atomic E-state index is -0.832. The van der Waals surface area contributed by atoms with Crippen LogP contribution in [0.1, 0.15) is 45.3 Å². The number of nitrogens with zero attached hydrogens (tertiary/aromatic N) is 1. The second-order valence-electron chi connectivity index (χ2n) is 5.63. The lowest BCUT2D eigenvalue weighted by molar-refractivity contribution is 0.0600. The van der Waals surface area contributed by atoms with Crippen molar-refractivity contribution in [1.29, 1.82) is 0 Å². The molecule has 1 rings (SSSR count). The van der Waals surface area contributed by atoms with Gasteiger partial charge in [0.2, 0.25) is 0 Å². The summed E-state index contributed by atoms with van der Waals surface area (Å²) in [5.74, 6) is -0.470. The molecule has 0 aliphatic carbocycles. The molecule has 0 spiro atoms. The summed E-state index contributed by atoms with van der Waals surface area (Å²) in [4.78, 5) is 2.19. The van der Waals surface area contributed by atoms with Gasteiger partial charge in [-0.3, -0.25) is 4.90 Å². The summed E-state index contributed by atoms with van der Waals surface area (Å²) < 4.78 is 13.8. The lowest BCUT2D eigenvalue weighted by atomic mass is 9.95. The highest BCUT2D eigenvalue weighted by Crippen LogP contribution is 2.25. The molecule has 2 N–H and O–H groups in total. The van der Waals surface area contributed by atoms with Gasteiger partial charge >= 0.3 is 0 Å². The van der Waals surface area contributed by atoms with Crippen LogP contribution >= 0.6 is 0 Å². The third-order valence-electron chi connectivity index (χ3n) is 4.13. The Kier molecular flexibility index (Phi) is 7.86. The van der Waals surface area contributed by atoms with Gasteiger partial charge in [-0.15, -0.1) is 0 Å². The summed E-state index contributed by atoms with van der Waals surface area (Å²) in [5.41, 5.74) is 0.346. The van der Waals surface area contributed by atoms with Crippen LogP contribution < -0.4 is 0 Å². The van der Waals surface area contributed by atoms with Crippen molar-refractivity contribution in [3.05, 3.63) is 35.6 Å². The summed E-state index contributed by atoms with van der Waals surface area (Å²) >= 11 is 0. The van der Waals surface area contributed by atoms with Gasteiger partial charge in [0.1, 0.15) is 5.82 Å². The van der Waals surface area contributed by atoms with E-state index in [1.165, 1.54) is 6.07 Å². The van der Waals surface area contributed by atoms with E-state index in [9.17, 15) is 14.6 Å². The fraction of sp³-hybridized carbons (Fsp3) is 0.647. The summed E-state index contributed by atoms with van der Waals surface area (Å²) in [5, 5.41) is 19.6. The normalized spacial score (nSPS) is 14.7. The second kappa shape index (κ2) is 9.13. The third kappa shape index (κ3) is 5.06. The highest BCUT2D eigenvalue weighted by molar-refractivity contribution is 5.20. The quantitative estimate of drug-likeness (QED) is 0.736. The van der Waals surface area contributed by atoms with Crippen molar-refractivity contribution in [3.8, 4) is 0 Å². The molecule has 3 nitrogen and oxygen atoms in total. The van der Waals surface area contributed by atoms with Crippen LogP contribution in [0.3, 0.4) is 0 Å². The highest BCUT2D eigenvalue weighted by atomic mass is 19.1. The van der Waals surface area contributed by atoms with Crippen LogP contribution in [0.15, 0.2) is 24.3 Å². The molecule has 0 bridgehead atoms. The Bertz CT molecular complexity index is 410. The fourth-order valence-corrected chi connectivity index (χ4v) is 2.85. The molecule has 0 aliphatic heterocycles. The first-order valence-corrected chi connectivity index (χ1v) is 7.82. The monoisotopic (exact) mass is 297 g/mol. The molecule has 1 aromatic rings.